The number of ether oxygens (including phenoxy) is 1. The van der Waals surface area contributed by atoms with Gasteiger partial charge in [-0.2, -0.15) is 0 Å². The second-order valence-electron chi connectivity index (χ2n) is 8.71. The summed E-state index contributed by atoms with van der Waals surface area (Å²) in [5, 5.41) is 0. The van der Waals surface area contributed by atoms with Crippen molar-refractivity contribution in [1.29, 1.82) is 0 Å². The van der Waals surface area contributed by atoms with Gasteiger partial charge in [0, 0.05) is 13.0 Å². The zero-order chi connectivity index (χ0) is 16.9. The van der Waals surface area contributed by atoms with E-state index >= 15 is 0 Å². The van der Waals surface area contributed by atoms with Gasteiger partial charge < -0.3 is 9.64 Å². The maximum Gasteiger partial charge on any atom is 0.0730 e. The van der Waals surface area contributed by atoms with Gasteiger partial charge >= 0.3 is 0 Å². The van der Waals surface area contributed by atoms with Crippen molar-refractivity contribution in [2.75, 3.05) is 27.2 Å². The van der Waals surface area contributed by atoms with Crippen LogP contribution in [0.3, 0.4) is 0 Å². The van der Waals surface area contributed by atoms with Gasteiger partial charge in [-0.15, -0.1) is 0 Å². The zero-order valence-corrected chi connectivity index (χ0v) is 15.8. The Hall–Kier alpha value is -0.860. The van der Waals surface area contributed by atoms with Crippen LogP contribution in [0.1, 0.15) is 52.0 Å². The molecular formula is C21H35NO. The summed E-state index contributed by atoms with van der Waals surface area (Å²) < 4.78 is 6.60. The van der Waals surface area contributed by atoms with Crippen LogP contribution in [0.15, 0.2) is 30.3 Å². The van der Waals surface area contributed by atoms with Crippen molar-refractivity contribution in [2.45, 2.75) is 58.5 Å². The topological polar surface area (TPSA) is 12.5 Å². The van der Waals surface area contributed by atoms with E-state index < -0.39 is 0 Å². The minimum Gasteiger partial charge on any atom is -0.375 e. The van der Waals surface area contributed by atoms with Crippen LogP contribution in [0.2, 0.25) is 0 Å². The van der Waals surface area contributed by atoms with Gasteiger partial charge in [0.1, 0.15) is 0 Å². The molecule has 2 heteroatoms. The second kappa shape index (κ2) is 7.81. The molecule has 0 bridgehead atoms. The molecule has 2 atom stereocenters. The molecule has 1 aromatic rings. The molecule has 23 heavy (non-hydrogen) atoms. The lowest BCUT2D eigenvalue weighted by Crippen LogP contribution is -2.46. The Morgan fingerprint density at radius 3 is 2.43 bits per heavy atom. The van der Waals surface area contributed by atoms with E-state index in [-0.39, 0.29) is 5.60 Å². The predicted octanol–water partition coefficient (Wildman–Crippen LogP) is 4.78. The van der Waals surface area contributed by atoms with Crippen molar-refractivity contribution in [3.63, 3.8) is 0 Å². The first-order valence-corrected chi connectivity index (χ1v) is 9.13. The third-order valence-corrected chi connectivity index (χ3v) is 4.95. The highest BCUT2D eigenvalue weighted by atomic mass is 16.5. The van der Waals surface area contributed by atoms with E-state index in [0.29, 0.717) is 5.41 Å². The lowest BCUT2D eigenvalue weighted by Gasteiger charge is -2.48. The summed E-state index contributed by atoms with van der Waals surface area (Å²) in [5.74, 6) is 0.733. The highest BCUT2D eigenvalue weighted by Gasteiger charge is 2.43. The molecule has 1 saturated carbocycles. The van der Waals surface area contributed by atoms with Gasteiger partial charge in [0.25, 0.3) is 0 Å². The molecule has 2 rings (SSSR count). The van der Waals surface area contributed by atoms with Gasteiger partial charge in [-0.3, -0.25) is 0 Å². The van der Waals surface area contributed by atoms with Gasteiger partial charge in [-0.25, -0.2) is 0 Å². The predicted molar refractivity (Wildman–Crippen MR) is 98.8 cm³/mol. The van der Waals surface area contributed by atoms with Crippen LogP contribution in [0, 0.1) is 11.3 Å². The van der Waals surface area contributed by atoms with Crippen LogP contribution in [0.5, 0.6) is 0 Å². The third-order valence-electron chi connectivity index (χ3n) is 4.95. The number of hydrogen-bond acceptors (Lipinski definition) is 2. The van der Waals surface area contributed by atoms with Crippen molar-refractivity contribution in [2.24, 2.45) is 11.3 Å². The summed E-state index contributed by atoms with van der Waals surface area (Å²) in [6.07, 6.45) is 5.82. The Kier molecular flexibility index (Phi) is 6.27. The van der Waals surface area contributed by atoms with E-state index in [1.54, 1.807) is 0 Å². The fourth-order valence-corrected chi connectivity index (χ4v) is 4.60. The number of nitrogens with zero attached hydrogens (tertiary/aromatic N) is 1. The van der Waals surface area contributed by atoms with Gasteiger partial charge in [0.05, 0.1) is 5.60 Å². The third kappa shape index (κ3) is 5.93. The highest BCUT2D eigenvalue weighted by Crippen LogP contribution is 2.47. The second-order valence-corrected chi connectivity index (χ2v) is 8.71. The smallest absolute Gasteiger partial charge is 0.0730 e. The van der Waals surface area contributed by atoms with E-state index in [2.05, 4.69) is 70.1 Å². The van der Waals surface area contributed by atoms with Crippen LogP contribution in [-0.4, -0.2) is 37.7 Å². The van der Waals surface area contributed by atoms with E-state index in [9.17, 15) is 0 Å². The zero-order valence-electron chi connectivity index (χ0n) is 15.8. The molecule has 1 aliphatic carbocycles. The molecule has 130 valence electrons. The molecule has 1 fully saturated rings. The molecule has 2 nitrogen and oxygen atoms in total. The lowest BCUT2D eigenvalue weighted by molar-refractivity contribution is -0.112. The fourth-order valence-electron chi connectivity index (χ4n) is 4.60. The molecule has 0 radical (unpaired) electrons. The monoisotopic (exact) mass is 317 g/mol. The summed E-state index contributed by atoms with van der Waals surface area (Å²) in [5.41, 5.74) is 1.79. The summed E-state index contributed by atoms with van der Waals surface area (Å²) in [4.78, 5) is 2.24. The number of benzene rings is 1. The Bertz CT molecular complexity index is 468. The molecule has 0 N–H and O–H groups in total. The van der Waals surface area contributed by atoms with E-state index in [1.807, 2.05) is 0 Å². The first kappa shape index (κ1) is 18.5. The quantitative estimate of drug-likeness (QED) is 0.671. The molecule has 0 heterocycles. The Labute approximate surface area is 143 Å². The van der Waals surface area contributed by atoms with Gasteiger partial charge in [-0.1, -0.05) is 51.1 Å². The van der Waals surface area contributed by atoms with Crippen LogP contribution < -0.4 is 0 Å². The van der Waals surface area contributed by atoms with E-state index in [1.165, 1.54) is 24.8 Å². The fraction of sp³-hybridized carbons (Fsp3) is 0.714. The molecule has 0 aromatic heterocycles. The van der Waals surface area contributed by atoms with Gasteiger partial charge in [0.15, 0.2) is 0 Å². The maximum absolute atomic E-state index is 6.60. The summed E-state index contributed by atoms with van der Waals surface area (Å²) in [7, 11) is 4.26. The molecule has 0 aliphatic heterocycles. The van der Waals surface area contributed by atoms with Crippen molar-refractivity contribution in [3.8, 4) is 0 Å². The molecule has 1 aromatic carbocycles. The molecular weight excluding hydrogens is 282 g/mol. The van der Waals surface area contributed by atoms with Crippen molar-refractivity contribution in [3.05, 3.63) is 35.9 Å². The van der Waals surface area contributed by atoms with E-state index in [4.69, 9.17) is 4.74 Å². The first-order chi connectivity index (χ1) is 10.8. The Morgan fingerprint density at radius 2 is 1.83 bits per heavy atom. The Morgan fingerprint density at radius 1 is 1.13 bits per heavy atom. The lowest BCUT2D eigenvalue weighted by atomic mass is 9.64. The summed E-state index contributed by atoms with van der Waals surface area (Å²) in [6, 6.07) is 10.9. The van der Waals surface area contributed by atoms with Crippen LogP contribution in [-0.2, 0) is 11.2 Å². The molecule has 0 amide bonds. The molecule has 2 unspecified atom stereocenters. The minimum absolute atomic E-state index is 0.00876. The normalized spacial score (nSPS) is 27.3. The molecule has 0 spiro atoms. The summed E-state index contributed by atoms with van der Waals surface area (Å²) >= 11 is 0. The molecule has 0 saturated heterocycles. The molecule has 1 aliphatic rings. The minimum atomic E-state index is 0.00876. The maximum atomic E-state index is 6.60. The van der Waals surface area contributed by atoms with Gasteiger partial charge in [-0.05, 0) is 63.2 Å². The Balaban J connectivity index is 2.09. The largest absolute Gasteiger partial charge is 0.375 e. The number of hydrogen-bond donors (Lipinski definition) is 0. The van der Waals surface area contributed by atoms with Crippen LogP contribution in [0.4, 0.5) is 0 Å². The first-order valence-electron chi connectivity index (χ1n) is 9.13. The van der Waals surface area contributed by atoms with Crippen LogP contribution in [0.25, 0.3) is 0 Å². The number of rotatable bonds is 7. The highest BCUT2D eigenvalue weighted by molar-refractivity contribution is 5.18. The van der Waals surface area contributed by atoms with Crippen LogP contribution >= 0.6 is 0 Å². The van der Waals surface area contributed by atoms with Gasteiger partial charge in [0.2, 0.25) is 0 Å². The van der Waals surface area contributed by atoms with Crippen molar-refractivity contribution in [1.82, 2.24) is 4.90 Å². The SMILES string of the molecule is CC1CC(C)(C)CC(Cc2ccccc2)(OCCCN(C)C)C1. The average molecular weight is 318 g/mol. The summed E-state index contributed by atoms with van der Waals surface area (Å²) in [6.45, 7) is 9.18. The average Bonchev–Trinajstić information content (AvgIpc) is 2.42. The van der Waals surface area contributed by atoms with Crippen molar-refractivity contribution >= 4 is 0 Å². The van der Waals surface area contributed by atoms with Crippen molar-refractivity contribution < 1.29 is 4.74 Å². The van der Waals surface area contributed by atoms with E-state index in [0.717, 1.165) is 31.9 Å². The standard InChI is InChI=1S/C21H35NO/c1-18-14-20(2,3)17-21(15-18,23-13-9-12-22(4)5)16-19-10-7-6-8-11-19/h6-8,10-11,18H,9,12-17H2,1-5H3.